The van der Waals surface area contributed by atoms with Crippen LogP contribution >= 0.6 is 24.4 Å². The Hall–Kier alpha value is -1.93. The summed E-state index contributed by atoms with van der Waals surface area (Å²) in [5.74, 6) is 0.0812. The third-order valence-corrected chi connectivity index (χ3v) is 3.60. The lowest BCUT2D eigenvalue weighted by Gasteiger charge is -2.17. The van der Waals surface area contributed by atoms with E-state index in [1.165, 1.54) is 0 Å². The molecule has 0 atom stereocenters. The van der Waals surface area contributed by atoms with Crippen molar-refractivity contribution >= 4 is 40.8 Å². The number of carboxylic acids is 1. The van der Waals surface area contributed by atoms with Gasteiger partial charge in [-0.3, -0.25) is 4.79 Å². The smallest absolute Gasteiger partial charge is 0.303 e. The van der Waals surface area contributed by atoms with Crippen LogP contribution in [0.4, 0.5) is 0 Å². The van der Waals surface area contributed by atoms with E-state index in [-0.39, 0.29) is 6.42 Å². The van der Waals surface area contributed by atoms with Gasteiger partial charge >= 0.3 is 5.97 Å². The van der Waals surface area contributed by atoms with Gasteiger partial charge in [-0.25, -0.2) is 0 Å². The van der Waals surface area contributed by atoms with E-state index in [0.717, 1.165) is 5.56 Å². The Morgan fingerprint density at radius 1 is 1.00 bits per heavy atom. The molecule has 0 saturated heterocycles. The van der Waals surface area contributed by atoms with Crippen molar-refractivity contribution < 1.29 is 19.4 Å². The van der Waals surface area contributed by atoms with Crippen LogP contribution in [0.15, 0.2) is 18.2 Å². The summed E-state index contributed by atoms with van der Waals surface area (Å²) in [7, 11) is 7.09. The van der Waals surface area contributed by atoms with Crippen LogP contribution < -0.4 is 9.47 Å². The molecular weight excluding hydrogens is 336 g/mol. The number of aryl methyl sites for hydroxylation is 1. The average molecular weight is 356 g/mol. The molecular formula is C15H20N2O4S2. The van der Waals surface area contributed by atoms with Crippen LogP contribution in [0, 0.1) is 0 Å². The molecule has 0 aliphatic carbocycles. The maximum atomic E-state index is 10.8. The molecule has 0 aromatic heterocycles. The van der Waals surface area contributed by atoms with E-state index in [1.807, 2.05) is 0 Å². The second-order valence-corrected chi connectivity index (χ2v) is 5.93. The predicted molar refractivity (Wildman–Crippen MR) is 96.2 cm³/mol. The van der Waals surface area contributed by atoms with E-state index in [0.29, 0.717) is 28.3 Å². The number of hydrogen-bond acceptors (Lipinski definition) is 5. The molecule has 1 aromatic rings. The van der Waals surface area contributed by atoms with Crippen LogP contribution in [-0.4, -0.2) is 59.4 Å². The van der Waals surface area contributed by atoms with Gasteiger partial charge in [-0.1, -0.05) is 0 Å². The molecule has 0 heterocycles. The topological polar surface area (TPSA) is 62.2 Å². The molecule has 0 radical (unpaired) electrons. The van der Waals surface area contributed by atoms with Crippen LogP contribution in [-0.2, 0) is 11.2 Å². The highest BCUT2D eigenvalue weighted by atomic mass is 32.1. The molecule has 126 valence electrons. The first-order valence-corrected chi connectivity index (χ1v) is 7.64. The molecule has 8 heteroatoms. The molecule has 0 amide bonds. The Labute approximate surface area is 146 Å². The van der Waals surface area contributed by atoms with Gasteiger partial charge in [0.25, 0.3) is 10.3 Å². The number of rotatable bonds is 5. The Balaban J connectivity index is 3.03. The highest BCUT2D eigenvalue weighted by Crippen LogP contribution is 2.25. The quantitative estimate of drug-likeness (QED) is 0.806. The molecule has 0 spiro atoms. The first-order valence-electron chi connectivity index (χ1n) is 6.83. The summed E-state index contributed by atoms with van der Waals surface area (Å²) in [5, 5.41) is 9.42. The highest BCUT2D eigenvalue weighted by molar-refractivity contribution is 7.80. The van der Waals surface area contributed by atoms with E-state index in [2.05, 4.69) is 0 Å². The summed E-state index contributed by atoms with van der Waals surface area (Å²) in [6, 6.07) is 5.14. The molecule has 0 saturated carbocycles. The van der Waals surface area contributed by atoms with E-state index < -0.39 is 5.97 Å². The fourth-order valence-corrected chi connectivity index (χ4v) is 1.72. The van der Waals surface area contributed by atoms with E-state index >= 15 is 0 Å². The Kier molecular flexibility index (Phi) is 7.18. The molecule has 0 bridgehead atoms. The monoisotopic (exact) mass is 356 g/mol. The molecule has 0 aliphatic heterocycles. The summed E-state index contributed by atoms with van der Waals surface area (Å²) in [6.45, 7) is 0. The van der Waals surface area contributed by atoms with Gasteiger partial charge < -0.3 is 24.4 Å². The largest absolute Gasteiger partial charge is 0.481 e. The number of benzene rings is 1. The highest BCUT2D eigenvalue weighted by Gasteiger charge is 2.10. The van der Waals surface area contributed by atoms with Gasteiger partial charge in [-0.15, -0.1) is 0 Å². The summed E-state index contributed by atoms with van der Waals surface area (Å²) >= 11 is 10.2. The van der Waals surface area contributed by atoms with Crippen LogP contribution in [0.2, 0.25) is 0 Å². The minimum absolute atomic E-state index is 0.0130. The Morgan fingerprint density at radius 3 is 1.78 bits per heavy atom. The number of thiocarbonyl (C=S) groups is 2. The number of hydrogen-bond donors (Lipinski definition) is 1. The predicted octanol–water partition coefficient (Wildman–Crippen LogP) is 2.15. The summed E-state index contributed by atoms with van der Waals surface area (Å²) in [4.78, 5) is 14.1. The van der Waals surface area contributed by atoms with E-state index in [9.17, 15) is 4.79 Å². The van der Waals surface area contributed by atoms with Crippen molar-refractivity contribution in [3.63, 3.8) is 0 Å². The summed E-state index contributed by atoms with van der Waals surface area (Å²) in [5.41, 5.74) is 0.767. The van der Waals surface area contributed by atoms with Crippen LogP contribution in [0.3, 0.4) is 0 Å². The zero-order chi connectivity index (χ0) is 17.6. The number of nitrogens with zero attached hydrogens (tertiary/aromatic N) is 2. The lowest BCUT2D eigenvalue weighted by molar-refractivity contribution is -0.136. The molecule has 0 fully saturated rings. The molecule has 0 unspecified atom stereocenters. The lowest BCUT2D eigenvalue weighted by atomic mass is 10.1. The summed E-state index contributed by atoms with van der Waals surface area (Å²) < 4.78 is 11.2. The minimum atomic E-state index is -0.869. The first kappa shape index (κ1) is 19.1. The van der Waals surface area contributed by atoms with Gasteiger partial charge in [0.15, 0.2) is 0 Å². The average Bonchev–Trinajstić information content (AvgIpc) is 2.44. The molecule has 23 heavy (non-hydrogen) atoms. The van der Waals surface area contributed by atoms with E-state index in [1.54, 1.807) is 56.2 Å². The van der Waals surface area contributed by atoms with Gasteiger partial charge in [0.05, 0.1) is 0 Å². The van der Waals surface area contributed by atoms with Crippen molar-refractivity contribution in [3.05, 3.63) is 23.8 Å². The zero-order valence-electron chi connectivity index (χ0n) is 13.5. The van der Waals surface area contributed by atoms with Crippen molar-refractivity contribution in [3.8, 4) is 11.5 Å². The lowest BCUT2D eigenvalue weighted by Crippen LogP contribution is -2.26. The third-order valence-electron chi connectivity index (χ3n) is 2.71. The fourth-order valence-electron chi connectivity index (χ4n) is 1.53. The fraction of sp³-hybridized carbons (Fsp3) is 0.400. The number of carbonyl (C=O) groups is 1. The molecule has 1 aromatic carbocycles. The number of ether oxygens (including phenoxy) is 2. The molecule has 1 rings (SSSR count). The molecule has 0 aliphatic rings. The molecule has 6 nitrogen and oxygen atoms in total. The Morgan fingerprint density at radius 2 is 1.43 bits per heavy atom. The van der Waals surface area contributed by atoms with Gasteiger partial charge in [0, 0.05) is 40.7 Å². The van der Waals surface area contributed by atoms with E-state index in [4.69, 9.17) is 39.0 Å². The normalized spacial score (nSPS) is 9.91. The first-order chi connectivity index (χ1) is 10.7. The van der Waals surface area contributed by atoms with Crippen LogP contribution in [0.1, 0.15) is 12.0 Å². The van der Waals surface area contributed by atoms with Crippen LogP contribution in [0.5, 0.6) is 11.5 Å². The van der Waals surface area contributed by atoms with Crippen molar-refractivity contribution in [1.82, 2.24) is 9.80 Å². The van der Waals surface area contributed by atoms with Crippen molar-refractivity contribution in [1.29, 1.82) is 0 Å². The zero-order valence-corrected chi connectivity index (χ0v) is 15.2. The summed E-state index contributed by atoms with van der Waals surface area (Å²) in [6.07, 6.45) is 0.367. The number of carboxylic acid groups (broad SMARTS) is 1. The van der Waals surface area contributed by atoms with Crippen LogP contribution in [0.25, 0.3) is 0 Å². The minimum Gasteiger partial charge on any atom is -0.481 e. The van der Waals surface area contributed by atoms with Gasteiger partial charge in [0.2, 0.25) is 0 Å². The van der Waals surface area contributed by atoms with Gasteiger partial charge in [-0.05, 0) is 48.6 Å². The van der Waals surface area contributed by atoms with Crippen molar-refractivity contribution in [2.75, 3.05) is 28.2 Å². The second-order valence-electron chi connectivity index (χ2n) is 5.23. The van der Waals surface area contributed by atoms with Crippen molar-refractivity contribution in [2.24, 2.45) is 0 Å². The third kappa shape index (κ3) is 6.79. The SMILES string of the molecule is CN(C)C(=S)Oc1cc(CCC(=O)O)cc(OC(=S)N(C)C)c1. The molecule has 1 N–H and O–H groups in total. The standard InChI is InChI=1S/C15H20N2O4S2/c1-16(2)14(22)20-11-7-10(5-6-13(18)19)8-12(9-11)21-15(23)17(3)4/h7-9H,5-6H2,1-4H3,(H,18,19). The second kappa shape index (κ2) is 8.64. The van der Waals surface area contributed by atoms with Gasteiger partial charge in [-0.2, -0.15) is 0 Å². The number of aliphatic carboxylic acids is 1. The van der Waals surface area contributed by atoms with Crippen molar-refractivity contribution in [2.45, 2.75) is 12.8 Å². The van der Waals surface area contributed by atoms with Gasteiger partial charge in [0.1, 0.15) is 11.5 Å². The Bertz CT molecular complexity index is 563. The maximum Gasteiger partial charge on any atom is 0.303 e. The maximum absolute atomic E-state index is 10.8.